The molecule has 0 unspecified atom stereocenters. The van der Waals surface area contributed by atoms with E-state index in [2.05, 4.69) is 15.2 Å². The fourth-order valence-corrected chi connectivity index (χ4v) is 4.05. The monoisotopic (exact) mass is 465 g/mol. The Balaban J connectivity index is 1.55. The van der Waals surface area contributed by atoms with E-state index in [1.165, 1.54) is 16.9 Å². The first-order valence-electron chi connectivity index (χ1n) is 10.2. The highest BCUT2D eigenvalue weighted by Gasteiger charge is 2.36. The fourth-order valence-electron chi connectivity index (χ4n) is 3.79. The molecule has 0 aromatic carbocycles. The maximum absolute atomic E-state index is 14.8. The first-order chi connectivity index (χ1) is 15.3. The molecule has 11 heteroatoms. The summed E-state index contributed by atoms with van der Waals surface area (Å²) in [5, 5.41) is 7.95. The number of nitrogens with zero attached hydrogens (tertiary/aromatic N) is 5. The van der Waals surface area contributed by atoms with Gasteiger partial charge in [-0.05, 0) is 20.3 Å². The molecule has 0 aliphatic carbocycles. The van der Waals surface area contributed by atoms with Gasteiger partial charge in [0.2, 0.25) is 5.88 Å². The number of rotatable bonds is 6. The van der Waals surface area contributed by atoms with Crippen LogP contribution < -0.4 is 15.2 Å². The fraction of sp³-hybridized carbons (Fsp3) is 0.429. The van der Waals surface area contributed by atoms with Crippen molar-refractivity contribution in [1.82, 2.24) is 19.9 Å². The van der Waals surface area contributed by atoms with E-state index in [0.717, 1.165) is 12.6 Å². The minimum Gasteiger partial charge on any atom is -0.469 e. The number of halogens is 3. The maximum Gasteiger partial charge on any atom is 0.287 e. The molecule has 1 aliphatic rings. The lowest BCUT2D eigenvalue weighted by Gasteiger charge is -2.19. The number of hydrogen-bond donors (Lipinski definition) is 0. The third-order valence-electron chi connectivity index (χ3n) is 5.35. The minimum absolute atomic E-state index is 0.0121. The Labute approximate surface area is 187 Å². The van der Waals surface area contributed by atoms with E-state index in [0.29, 0.717) is 29.2 Å². The van der Waals surface area contributed by atoms with Gasteiger partial charge in [-0.2, -0.15) is 5.10 Å². The Morgan fingerprint density at radius 3 is 2.78 bits per heavy atom. The third-order valence-corrected chi connectivity index (χ3v) is 5.70. The summed E-state index contributed by atoms with van der Waals surface area (Å²) in [4.78, 5) is 17.9. The summed E-state index contributed by atoms with van der Waals surface area (Å²) in [6, 6.07) is 1.40. The van der Waals surface area contributed by atoms with Crippen LogP contribution in [0.15, 0.2) is 27.8 Å². The smallest absolute Gasteiger partial charge is 0.287 e. The maximum atomic E-state index is 14.8. The quantitative estimate of drug-likeness (QED) is 0.548. The van der Waals surface area contributed by atoms with Crippen molar-refractivity contribution in [3.8, 4) is 17.0 Å². The van der Waals surface area contributed by atoms with Crippen molar-refractivity contribution in [2.45, 2.75) is 46.0 Å². The van der Waals surface area contributed by atoms with E-state index in [1.54, 1.807) is 18.7 Å². The van der Waals surface area contributed by atoms with Crippen LogP contribution in [0.1, 0.15) is 24.8 Å². The molecule has 2 atom stereocenters. The van der Waals surface area contributed by atoms with E-state index in [9.17, 15) is 13.6 Å². The summed E-state index contributed by atoms with van der Waals surface area (Å²) >= 11 is 6.25. The lowest BCUT2D eigenvalue weighted by molar-refractivity contribution is 0.134. The second-order valence-electron chi connectivity index (χ2n) is 7.65. The first-order valence-corrected chi connectivity index (χ1v) is 10.6. The normalized spacial score (nSPS) is 18.4. The Hall–Kier alpha value is -3.01. The highest BCUT2D eigenvalue weighted by molar-refractivity contribution is 6.33. The summed E-state index contributed by atoms with van der Waals surface area (Å²) in [6.07, 6.45) is 0.943. The molecule has 0 N–H and O–H groups in total. The van der Waals surface area contributed by atoms with Crippen LogP contribution in [-0.2, 0) is 6.54 Å². The molecule has 4 rings (SSSR count). The SMILES string of the molecule is CCCn1ncc(N2C[C@H](Oc3cc(-c4c(C)noc4C)c(F)cn3)[C@@H](F)C2)c(Cl)c1=O. The average molecular weight is 466 g/mol. The van der Waals surface area contributed by atoms with Gasteiger partial charge in [-0.25, -0.2) is 18.4 Å². The molecular formula is C21H22ClF2N5O3. The molecular weight excluding hydrogens is 444 g/mol. The molecule has 3 aromatic heterocycles. The molecule has 0 amide bonds. The van der Waals surface area contributed by atoms with E-state index in [1.807, 2.05) is 6.92 Å². The Morgan fingerprint density at radius 1 is 1.31 bits per heavy atom. The van der Waals surface area contributed by atoms with Crippen LogP contribution in [0.2, 0.25) is 5.02 Å². The lowest BCUT2D eigenvalue weighted by Crippen LogP contribution is -2.30. The highest BCUT2D eigenvalue weighted by Crippen LogP contribution is 2.33. The van der Waals surface area contributed by atoms with Crippen LogP contribution in [-0.4, -0.2) is 45.3 Å². The molecule has 32 heavy (non-hydrogen) atoms. The van der Waals surface area contributed by atoms with Gasteiger partial charge in [0, 0.05) is 18.2 Å². The second kappa shape index (κ2) is 8.85. The van der Waals surface area contributed by atoms with E-state index in [-0.39, 0.29) is 29.6 Å². The molecule has 1 aliphatic heterocycles. The van der Waals surface area contributed by atoms with Gasteiger partial charge in [-0.15, -0.1) is 0 Å². The molecule has 0 spiro atoms. The van der Waals surface area contributed by atoms with Gasteiger partial charge >= 0.3 is 0 Å². The molecule has 1 fully saturated rings. The second-order valence-corrected chi connectivity index (χ2v) is 8.03. The summed E-state index contributed by atoms with van der Waals surface area (Å²) < 4.78 is 41.3. The standard InChI is InChI=1S/C21H22ClF2N5O3/c1-4-5-29-21(30)20(22)16(8-26-29)28-9-15(24)17(10-28)31-18-6-13(14(23)7-25-18)19-11(2)27-32-12(19)3/h6-8,15,17H,4-5,9-10H2,1-3H3/t15-,17-/m0/s1. The van der Waals surface area contributed by atoms with Crippen molar-refractivity contribution in [2.75, 3.05) is 18.0 Å². The molecule has 1 saturated heterocycles. The van der Waals surface area contributed by atoms with Gasteiger partial charge in [0.05, 0.1) is 42.4 Å². The zero-order valence-corrected chi connectivity index (χ0v) is 18.6. The molecule has 4 heterocycles. The largest absolute Gasteiger partial charge is 0.469 e. The predicted molar refractivity (Wildman–Crippen MR) is 114 cm³/mol. The summed E-state index contributed by atoms with van der Waals surface area (Å²) in [7, 11) is 0. The van der Waals surface area contributed by atoms with Gasteiger partial charge in [0.25, 0.3) is 5.56 Å². The summed E-state index contributed by atoms with van der Waals surface area (Å²) in [5.41, 5.74) is 1.17. The lowest BCUT2D eigenvalue weighted by atomic mass is 10.1. The van der Waals surface area contributed by atoms with Gasteiger partial charge in [-0.3, -0.25) is 4.79 Å². The van der Waals surface area contributed by atoms with Crippen LogP contribution in [0.25, 0.3) is 11.1 Å². The van der Waals surface area contributed by atoms with Crippen LogP contribution >= 0.6 is 11.6 Å². The number of aromatic nitrogens is 4. The Bertz CT molecular complexity index is 1180. The molecule has 0 saturated carbocycles. The van der Waals surface area contributed by atoms with Gasteiger partial charge < -0.3 is 14.2 Å². The highest BCUT2D eigenvalue weighted by atomic mass is 35.5. The molecule has 0 bridgehead atoms. The molecule has 0 radical (unpaired) electrons. The molecule has 170 valence electrons. The van der Waals surface area contributed by atoms with Crippen LogP contribution in [0.5, 0.6) is 5.88 Å². The van der Waals surface area contributed by atoms with Crippen molar-refractivity contribution in [1.29, 1.82) is 0 Å². The number of ether oxygens (including phenoxy) is 1. The minimum atomic E-state index is -1.38. The topological polar surface area (TPSA) is 86.3 Å². The van der Waals surface area contributed by atoms with Crippen LogP contribution in [0.4, 0.5) is 14.5 Å². The molecule has 8 nitrogen and oxygen atoms in total. The average Bonchev–Trinajstić information content (AvgIpc) is 3.28. The van der Waals surface area contributed by atoms with Gasteiger partial charge in [0.1, 0.15) is 16.6 Å². The summed E-state index contributed by atoms with van der Waals surface area (Å²) in [6.45, 7) is 5.84. The van der Waals surface area contributed by atoms with E-state index < -0.39 is 23.7 Å². The number of pyridine rings is 1. The number of aryl methyl sites for hydroxylation is 3. The van der Waals surface area contributed by atoms with E-state index in [4.69, 9.17) is 20.9 Å². The van der Waals surface area contributed by atoms with Crippen molar-refractivity contribution >= 4 is 17.3 Å². The van der Waals surface area contributed by atoms with Gasteiger partial charge in [0.15, 0.2) is 12.3 Å². The molecule has 3 aromatic rings. The van der Waals surface area contributed by atoms with E-state index >= 15 is 0 Å². The number of anilines is 1. The van der Waals surface area contributed by atoms with Crippen molar-refractivity contribution < 1.29 is 18.0 Å². The van der Waals surface area contributed by atoms with Gasteiger partial charge in [-0.1, -0.05) is 23.7 Å². The van der Waals surface area contributed by atoms with Crippen molar-refractivity contribution in [3.05, 3.63) is 51.1 Å². The first kappa shape index (κ1) is 22.2. The Kier molecular flexibility index (Phi) is 6.14. The van der Waals surface area contributed by atoms with Crippen molar-refractivity contribution in [3.63, 3.8) is 0 Å². The zero-order chi connectivity index (χ0) is 23.0. The number of alkyl halides is 1. The van der Waals surface area contributed by atoms with Crippen molar-refractivity contribution in [2.24, 2.45) is 0 Å². The third kappa shape index (κ3) is 4.06. The van der Waals surface area contributed by atoms with Crippen LogP contribution in [0.3, 0.4) is 0 Å². The summed E-state index contributed by atoms with van der Waals surface area (Å²) in [5.74, 6) is -0.0468. The number of hydrogen-bond acceptors (Lipinski definition) is 7. The van der Waals surface area contributed by atoms with Crippen LogP contribution in [0, 0.1) is 19.7 Å². The predicted octanol–water partition coefficient (Wildman–Crippen LogP) is 3.72. The Morgan fingerprint density at radius 2 is 2.09 bits per heavy atom. The zero-order valence-electron chi connectivity index (χ0n) is 17.8.